The normalized spacial score (nSPS) is 15.2. The lowest BCUT2D eigenvalue weighted by Gasteiger charge is -2.28. The highest BCUT2D eigenvalue weighted by atomic mass is 16.5. The van der Waals surface area contributed by atoms with Gasteiger partial charge in [0.25, 0.3) is 0 Å². The van der Waals surface area contributed by atoms with Gasteiger partial charge in [-0.25, -0.2) is 0 Å². The number of methoxy groups -OCH3 is 1. The van der Waals surface area contributed by atoms with E-state index in [9.17, 15) is 4.79 Å². The lowest BCUT2D eigenvalue weighted by molar-refractivity contribution is -0.137. The van der Waals surface area contributed by atoms with E-state index in [0.29, 0.717) is 6.54 Å². The summed E-state index contributed by atoms with van der Waals surface area (Å²) in [6, 6.07) is 8.28. The number of aromatic nitrogens is 1. The number of ether oxygens (including phenoxy) is 1. The van der Waals surface area contributed by atoms with E-state index in [0.717, 1.165) is 25.4 Å². The maximum Gasteiger partial charge on any atom is 0.304 e. The first kappa shape index (κ1) is 13.0. The van der Waals surface area contributed by atoms with E-state index in [4.69, 9.17) is 9.84 Å². The van der Waals surface area contributed by atoms with E-state index in [-0.39, 0.29) is 6.42 Å². The molecule has 1 N–H and O–H groups in total. The minimum atomic E-state index is -0.735. The predicted molar refractivity (Wildman–Crippen MR) is 76.0 cm³/mol. The van der Waals surface area contributed by atoms with Gasteiger partial charge in [-0.15, -0.1) is 0 Å². The Morgan fingerprint density at radius 2 is 2.20 bits per heavy atom. The van der Waals surface area contributed by atoms with Gasteiger partial charge in [-0.1, -0.05) is 0 Å². The van der Waals surface area contributed by atoms with Gasteiger partial charge >= 0.3 is 5.97 Å². The van der Waals surface area contributed by atoms with Gasteiger partial charge in [0.05, 0.1) is 19.0 Å². The van der Waals surface area contributed by atoms with Crippen LogP contribution in [0, 0.1) is 0 Å². The topological polar surface area (TPSA) is 54.7 Å². The van der Waals surface area contributed by atoms with Crippen LogP contribution in [-0.2, 0) is 17.9 Å². The Bertz CT molecular complexity index is 648. The summed E-state index contributed by atoms with van der Waals surface area (Å²) in [5.41, 5.74) is 2.43. The van der Waals surface area contributed by atoms with Crippen molar-refractivity contribution in [2.45, 2.75) is 19.5 Å². The molecule has 0 atom stereocenters. The summed E-state index contributed by atoms with van der Waals surface area (Å²) in [5.74, 6) is 0.132. The SMILES string of the molecule is COc1ccc2cc3n(c2c1)CCN(CCC(=O)O)C3. The molecule has 1 aromatic carbocycles. The largest absolute Gasteiger partial charge is 0.497 e. The molecule has 2 heterocycles. The van der Waals surface area contributed by atoms with Crippen molar-refractivity contribution in [1.82, 2.24) is 9.47 Å². The third kappa shape index (κ3) is 2.36. The van der Waals surface area contributed by atoms with Crippen molar-refractivity contribution >= 4 is 16.9 Å². The third-order valence-corrected chi connectivity index (χ3v) is 3.86. The fourth-order valence-electron chi connectivity index (χ4n) is 2.81. The molecule has 106 valence electrons. The Morgan fingerprint density at radius 1 is 1.35 bits per heavy atom. The summed E-state index contributed by atoms with van der Waals surface area (Å²) in [4.78, 5) is 12.8. The first-order valence-corrected chi connectivity index (χ1v) is 6.77. The van der Waals surface area contributed by atoms with E-state index in [2.05, 4.69) is 27.7 Å². The maximum absolute atomic E-state index is 10.7. The first-order chi connectivity index (χ1) is 9.67. The number of benzene rings is 1. The highest BCUT2D eigenvalue weighted by Crippen LogP contribution is 2.27. The molecule has 2 aromatic rings. The molecular formula is C15H18N2O3. The molecule has 0 saturated heterocycles. The lowest BCUT2D eigenvalue weighted by atomic mass is 10.2. The zero-order valence-corrected chi connectivity index (χ0v) is 11.5. The van der Waals surface area contributed by atoms with E-state index >= 15 is 0 Å². The Kier molecular flexibility index (Phi) is 3.36. The van der Waals surface area contributed by atoms with Crippen molar-refractivity contribution in [1.29, 1.82) is 0 Å². The van der Waals surface area contributed by atoms with Gasteiger partial charge in [0, 0.05) is 43.3 Å². The van der Waals surface area contributed by atoms with Gasteiger partial charge in [-0.3, -0.25) is 9.69 Å². The minimum absolute atomic E-state index is 0.202. The number of carbonyl (C=O) groups is 1. The molecule has 0 unspecified atom stereocenters. The number of carboxylic acids is 1. The summed E-state index contributed by atoms with van der Waals surface area (Å²) in [7, 11) is 1.68. The molecule has 0 spiro atoms. The van der Waals surface area contributed by atoms with Crippen LogP contribution in [-0.4, -0.2) is 40.7 Å². The highest BCUT2D eigenvalue weighted by molar-refractivity contribution is 5.83. The van der Waals surface area contributed by atoms with Crippen molar-refractivity contribution in [3.05, 3.63) is 30.0 Å². The number of rotatable bonds is 4. The molecular weight excluding hydrogens is 256 g/mol. The molecule has 1 aliphatic heterocycles. The molecule has 1 aliphatic rings. The minimum Gasteiger partial charge on any atom is -0.497 e. The fourth-order valence-corrected chi connectivity index (χ4v) is 2.81. The van der Waals surface area contributed by atoms with Gasteiger partial charge in [-0.05, 0) is 18.2 Å². The van der Waals surface area contributed by atoms with Crippen LogP contribution in [0.25, 0.3) is 10.9 Å². The molecule has 0 aliphatic carbocycles. The van der Waals surface area contributed by atoms with Crippen molar-refractivity contribution in [2.24, 2.45) is 0 Å². The quantitative estimate of drug-likeness (QED) is 0.925. The summed E-state index contributed by atoms with van der Waals surface area (Å²) in [6.07, 6.45) is 0.202. The summed E-state index contributed by atoms with van der Waals surface area (Å²) >= 11 is 0. The lowest BCUT2D eigenvalue weighted by Crippen LogP contribution is -2.34. The molecule has 5 nitrogen and oxygen atoms in total. The monoisotopic (exact) mass is 274 g/mol. The third-order valence-electron chi connectivity index (χ3n) is 3.86. The Hall–Kier alpha value is -2.01. The summed E-state index contributed by atoms with van der Waals surface area (Å²) < 4.78 is 7.58. The molecule has 3 rings (SSSR count). The Balaban J connectivity index is 1.85. The zero-order chi connectivity index (χ0) is 14.1. The van der Waals surface area contributed by atoms with E-state index in [1.165, 1.54) is 16.6 Å². The van der Waals surface area contributed by atoms with Crippen LogP contribution in [0.3, 0.4) is 0 Å². The number of nitrogens with zero attached hydrogens (tertiary/aromatic N) is 2. The van der Waals surface area contributed by atoms with Crippen LogP contribution < -0.4 is 4.74 Å². The average Bonchev–Trinajstić information content (AvgIpc) is 2.81. The van der Waals surface area contributed by atoms with Crippen LogP contribution in [0.4, 0.5) is 0 Å². The van der Waals surface area contributed by atoms with Gasteiger partial charge in [0.1, 0.15) is 5.75 Å². The molecule has 0 bridgehead atoms. The van der Waals surface area contributed by atoms with Crippen LogP contribution in [0.15, 0.2) is 24.3 Å². The maximum atomic E-state index is 10.7. The number of fused-ring (bicyclic) bond motifs is 3. The number of hydrogen-bond donors (Lipinski definition) is 1. The van der Waals surface area contributed by atoms with E-state index in [1.807, 2.05) is 6.07 Å². The van der Waals surface area contributed by atoms with Gasteiger partial charge in [0.2, 0.25) is 0 Å². The standard InChI is InChI=1S/C15H18N2O3/c1-20-13-3-2-11-8-12-10-16(5-4-15(18)19)6-7-17(12)14(11)9-13/h2-3,8-9H,4-7,10H2,1H3,(H,18,19). The Morgan fingerprint density at radius 3 is 2.95 bits per heavy atom. The molecule has 20 heavy (non-hydrogen) atoms. The fraction of sp³-hybridized carbons (Fsp3) is 0.400. The summed E-state index contributed by atoms with van der Waals surface area (Å²) in [5, 5.41) is 9.97. The zero-order valence-electron chi connectivity index (χ0n) is 11.5. The summed E-state index contributed by atoms with van der Waals surface area (Å²) in [6.45, 7) is 3.21. The first-order valence-electron chi connectivity index (χ1n) is 6.77. The number of hydrogen-bond acceptors (Lipinski definition) is 3. The van der Waals surface area contributed by atoms with E-state index < -0.39 is 5.97 Å². The van der Waals surface area contributed by atoms with Crippen LogP contribution in [0.5, 0.6) is 5.75 Å². The highest BCUT2D eigenvalue weighted by Gasteiger charge is 2.19. The molecule has 0 saturated carbocycles. The van der Waals surface area contributed by atoms with Crippen molar-refractivity contribution in [3.63, 3.8) is 0 Å². The molecule has 5 heteroatoms. The second-order valence-electron chi connectivity index (χ2n) is 5.13. The Labute approximate surface area is 117 Å². The number of aliphatic carboxylic acids is 1. The van der Waals surface area contributed by atoms with Gasteiger partial charge < -0.3 is 14.4 Å². The van der Waals surface area contributed by atoms with Crippen molar-refractivity contribution < 1.29 is 14.6 Å². The van der Waals surface area contributed by atoms with Crippen molar-refractivity contribution in [3.8, 4) is 5.75 Å². The van der Waals surface area contributed by atoms with E-state index in [1.54, 1.807) is 7.11 Å². The molecule has 0 radical (unpaired) electrons. The van der Waals surface area contributed by atoms with Gasteiger partial charge in [0.15, 0.2) is 0 Å². The molecule has 0 fully saturated rings. The second kappa shape index (κ2) is 5.17. The van der Waals surface area contributed by atoms with Crippen LogP contribution in [0.1, 0.15) is 12.1 Å². The average molecular weight is 274 g/mol. The second-order valence-corrected chi connectivity index (χ2v) is 5.13. The molecule has 0 amide bonds. The van der Waals surface area contributed by atoms with Crippen LogP contribution in [0.2, 0.25) is 0 Å². The van der Waals surface area contributed by atoms with Crippen LogP contribution >= 0.6 is 0 Å². The smallest absolute Gasteiger partial charge is 0.304 e. The molecule has 1 aromatic heterocycles. The van der Waals surface area contributed by atoms with Gasteiger partial charge in [-0.2, -0.15) is 0 Å². The van der Waals surface area contributed by atoms with Crippen molar-refractivity contribution in [2.75, 3.05) is 20.2 Å². The number of carboxylic acid groups (broad SMARTS) is 1. The predicted octanol–water partition coefficient (Wildman–Crippen LogP) is 1.94.